The fourth-order valence-corrected chi connectivity index (χ4v) is 2.49. The van der Waals surface area contributed by atoms with Crippen molar-refractivity contribution in [3.63, 3.8) is 0 Å². The summed E-state index contributed by atoms with van der Waals surface area (Å²) in [6.45, 7) is 5.27. The third-order valence-electron chi connectivity index (χ3n) is 3.60. The van der Waals surface area contributed by atoms with Gasteiger partial charge in [-0.1, -0.05) is 19.9 Å². The van der Waals surface area contributed by atoms with E-state index in [0.717, 1.165) is 18.7 Å². The standard InChI is InChI=1S/C12H18N2/c1-12(2)9(7-13)5-8-3-4-10(14)6-11(8)12/h3-4,6,9H,5,7,13-14H2,1-2H3. The molecule has 0 radical (unpaired) electrons. The molecule has 1 aromatic carbocycles. The van der Waals surface area contributed by atoms with E-state index in [-0.39, 0.29) is 5.41 Å². The largest absolute Gasteiger partial charge is 0.399 e. The van der Waals surface area contributed by atoms with Gasteiger partial charge in [0.1, 0.15) is 0 Å². The second-order valence-corrected chi connectivity index (χ2v) is 4.78. The van der Waals surface area contributed by atoms with Crippen molar-refractivity contribution in [3.05, 3.63) is 29.3 Å². The Labute approximate surface area is 85.3 Å². The van der Waals surface area contributed by atoms with Gasteiger partial charge in [-0.2, -0.15) is 0 Å². The molecule has 0 aliphatic heterocycles. The molecule has 0 aromatic heterocycles. The zero-order valence-electron chi connectivity index (χ0n) is 8.88. The predicted molar refractivity (Wildman–Crippen MR) is 60.1 cm³/mol. The van der Waals surface area contributed by atoms with Crippen LogP contribution in [0.25, 0.3) is 0 Å². The molecule has 4 N–H and O–H groups in total. The van der Waals surface area contributed by atoms with Gasteiger partial charge in [0.25, 0.3) is 0 Å². The first-order valence-corrected chi connectivity index (χ1v) is 5.14. The maximum absolute atomic E-state index is 5.81. The Hall–Kier alpha value is -1.02. The lowest BCUT2D eigenvalue weighted by Gasteiger charge is -2.27. The maximum atomic E-state index is 5.81. The van der Waals surface area contributed by atoms with Crippen LogP contribution in [0.4, 0.5) is 5.69 Å². The zero-order valence-corrected chi connectivity index (χ0v) is 8.88. The minimum absolute atomic E-state index is 0.180. The van der Waals surface area contributed by atoms with Crippen LogP contribution in [-0.2, 0) is 11.8 Å². The first-order chi connectivity index (χ1) is 6.55. The van der Waals surface area contributed by atoms with Crippen molar-refractivity contribution in [3.8, 4) is 0 Å². The number of anilines is 1. The third kappa shape index (κ3) is 1.22. The van der Waals surface area contributed by atoms with E-state index in [2.05, 4.69) is 26.0 Å². The second-order valence-electron chi connectivity index (χ2n) is 4.78. The quantitative estimate of drug-likeness (QED) is 0.662. The van der Waals surface area contributed by atoms with Crippen molar-refractivity contribution >= 4 is 5.69 Å². The first kappa shape index (κ1) is 9.53. The van der Waals surface area contributed by atoms with Gasteiger partial charge in [0, 0.05) is 5.69 Å². The average Bonchev–Trinajstić information content (AvgIpc) is 2.38. The van der Waals surface area contributed by atoms with Gasteiger partial charge in [-0.3, -0.25) is 0 Å². The van der Waals surface area contributed by atoms with Gasteiger partial charge in [-0.05, 0) is 47.6 Å². The summed E-state index contributed by atoms with van der Waals surface area (Å²) in [5, 5.41) is 0. The lowest BCUT2D eigenvalue weighted by molar-refractivity contribution is 0.358. The molecule has 1 unspecified atom stereocenters. The van der Waals surface area contributed by atoms with Crippen molar-refractivity contribution in [2.75, 3.05) is 12.3 Å². The van der Waals surface area contributed by atoms with Gasteiger partial charge < -0.3 is 11.5 Å². The number of rotatable bonds is 1. The van der Waals surface area contributed by atoms with E-state index in [1.54, 1.807) is 0 Å². The summed E-state index contributed by atoms with van der Waals surface area (Å²) in [6, 6.07) is 6.22. The van der Waals surface area contributed by atoms with Crippen LogP contribution in [-0.4, -0.2) is 6.54 Å². The minimum atomic E-state index is 0.180. The second kappa shape index (κ2) is 2.99. The molecule has 0 amide bonds. The Kier molecular flexibility index (Phi) is 2.04. The molecule has 1 aromatic rings. The molecule has 1 atom stereocenters. The van der Waals surface area contributed by atoms with E-state index in [1.807, 2.05) is 6.07 Å². The van der Waals surface area contributed by atoms with Crippen LogP contribution >= 0.6 is 0 Å². The summed E-state index contributed by atoms with van der Waals surface area (Å²) in [5.74, 6) is 0.555. The summed E-state index contributed by atoms with van der Waals surface area (Å²) in [4.78, 5) is 0. The van der Waals surface area contributed by atoms with E-state index in [9.17, 15) is 0 Å². The smallest absolute Gasteiger partial charge is 0.0317 e. The van der Waals surface area contributed by atoms with Crippen LogP contribution in [0.2, 0.25) is 0 Å². The van der Waals surface area contributed by atoms with E-state index in [0.29, 0.717) is 5.92 Å². The lowest BCUT2D eigenvalue weighted by Crippen LogP contribution is -2.30. The van der Waals surface area contributed by atoms with Gasteiger partial charge in [0.2, 0.25) is 0 Å². The van der Waals surface area contributed by atoms with Crippen LogP contribution in [0.5, 0.6) is 0 Å². The molecule has 76 valence electrons. The summed E-state index contributed by atoms with van der Waals surface area (Å²) in [5.41, 5.74) is 15.4. The summed E-state index contributed by atoms with van der Waals surface area (Å²) in [7, 11) is 0. The van der Waals surface area contributed by atoms with Crippen LogP contribution < -0.4 is 11.5 Å². The molecule has 2 rings (SSSR count). The summed E-state index contributed by atoms with van der Waals surface area (Å²) < 4.78 is 0. The predicted octanol–water partition coefficient (Wildman–Crippen LogP) is 1.68. The molecule has 0 fully saturated rings. The van der Waals surface area contributed by atoms with Gasteiger partial charge in [0.15, 0.2) is 0 Å². The number of benzene rings is 1. The highest BCUT2D eigenvalue weighted by atomic mass is 14.6. The molecular weight excluding hydrogens is 172 g/mol. The third-order valence-corrected chi connectivity index (χ3v) is 3.60. The Balaban J connectivity index is 2.50. The minimum Gasteiger partial charge on any atom is -0.399 e. The molecule has 1 aliphatic carbocycles. The molecule has 0 saturated carbocycles. The van der Waals surface area contributed by atoms with Gasteiger partial charge >= 0.3 is 0 Å². The van der Waals surface area contributed by atoms with Crippen molar-refractivity contribution in [2.24, 2.45) is 11.7 Å². The highest BCUT2D eigenvalue weighted by Crippen LogP contribution is 2.42. The molecule has 0 saturated heterocycles. The van der Waals surface area contributed by atoms with Crippen molar-refractivity contribution in [1.82, 2.24) is 0 Å². The van der Waals surface area contributed by atoms with E-state index in [1.165, 1.54) is 11.1 Å². The molecule has 14 heavy (non-hydrogen) atoms. The van der Waals surface area contributed by atoms with Crippen molar-refractivity contribution in [2.45, 2.75) is 25.7 Å². The fraction of sp³-hybridized carbons (Fsp3) is 0.500. The molecule has 0 spiro atoms. The molecule has 1 aliphatic rings. The normalized spacial score (nSPS) is 23.5. The molecule has 2 nitrogen and oxygen atoms in total. The zero-order chi connectivity index (χ0) is 10.3. The number of hydrogen-bond donors (Lipinski definition) is 2. The summed E-state index contributed by atoms with van der Waals surface area (Å²) in [6.07, 6.45) is 1.10. The lowest BCUT2D eigenvalue weighted by atomic mass is 9.78. The Morgan fingerprint density at radius 2 is 2.14 bits per heavy atom. The van der Waals surface area contributed by atoms with Crippen LogP contribution in [0.3, 0.4) is 0 Å². The van der Waals surface area contributed by atoms with Crippen LogP contribution in [0.15, 0.2) is 18.2 Å². The molecule has 2 heteroatoms. The molecule has 0 heterocycles. The number of nitrogen functional groups attached to an aromatic ring is 1. The Bertz CT molecular complexity index is 355. The van der Waals surface area contributed by atoms with Crippen LogP contribution in [0, 0.1) is 5.92 Å². The molecule has 0 bridgehead atoms. The fourth-order valence-electron chi connectivity index (χ4n) is 2.49. The summed E-state index contributed by atoms with van der Waals surface area (Å²) >= 11 is 0. The topological polar surface area (TPSA) is 52.0 Å². The highest BCUT2D eigenvalue weighted by Gasteiger charge is 2.38. The Morgan fingerprint density at radius 1 is 1.43 bits per heavy atom. The number of nitrogens with two attached hydrogens (primary N) is 2. The van der Waals surface area contributed by atoms with E-state index in [4.69, 9.17) is 11.5 Å². The monoisotopic (exact) mass is 190 g/mol. The maximum Gasteiger partial charge on any atom is 0.0317 e. The Morgan fingerprint density at radius 3 is 2.79 bits per heavy atom. The average molecular weight is 190 g/mol. The number of fused-ring (bicyclic) bond motifs is 1. The van der Waals surface area contributed by atoms with Crippen LogP contribution in [0.1, 0.15) is 25.0 Å². The number of hydrogen-bond acceptors (Lipinski definition) is 2. The molecular formula is C12H18N2. The van der Waals surface area contributed by atoms with Crippen molar-refractivity contribution < 1.29 is 0 Å². The van der Waals surface area contributed by atoms with E-state index < -0.39 is 0 Å². The highest BCUT2D eigenvalue weighted by molar-refractivity contribution is 5.50. The van der Waals surface area contributed by atoms with Gasteiger partial charge in [0.05, 0.1) is 0 Å². The van der Waals surface area contributed by atoms with Gasteiger partial charge in [-0.25, -0.2) is 0 Å². The SMILES string of the molecule is CC1(C)c2cc(N)ccc2CC1CN. The van der Waals surface area contributed by atoms with E-state index >= 15 is 0 Å². The first-order valence-electron chi connectivity index (χ1n) is 5.14. The van der Waals surface area contributed by atoms with Crippen molar-refractivity contribution in [1.29, 1.82) is 0 Å². The van der Waals surface area contributed by atoms with Gasteiger partial charge in [-0.15, -0.1) is 0 Å².